The van der Waals surface area contributed by atoms with Crippen LogP contribution in [0, 0.1) is 6.92 Å². The Morgan fingerprint density at radius 1 is 1.25 bits per heavy atom. The van der Waals surface area contributed by atoms with Gasteiger partial charge in [-0.25, -0.2) is 0 Å². The van der Waals surface area contributed by atoms with E-state index >= 15 is 0 Å². The van der Waals surface area contributed by atoms with Gasteiger partial charge >= 0.3 is 0 Å². The number of aromatic nitrogens is 3. The number of hydrogen-bond acceptors (Lipinski definition) is 3. The molecule has 1 aromatic carbocycles. The molecule has 0 aliphatic carbocycles. The van der Waals surface area contributed by atoms with Crippen molar-refractivity contribution in [3.05, 3.63) is 81.0 Å². The smallest absolute Gasteiger partial charge is 0.268 e. The van der Waals surface area contributed by atoms with Gasteiger partial charge in [0, 0.05) is 42.7 Å². The zero-order valence-electron chi connectivity index (χ0n) is 16.4. The minimum Gasteiger partial charge on any atom is -0.334 e. The van der Waals surface area contributed by atoms with Crippen LogP contribution < -0.4 is 5.56 Å². The molecule has 0 unspecified atom stereocenters. The number of aromatic amines is 1. The van der Waals surface area contributed by atoms with Crippen LogP contribution in [-0.4, -0.2) is 32.1 Å². The van der Waals surface area contributed by atoms with Crippen LogP contribution in [0.25, 0.3) is 5.69 Å². The third kappa shape index (κ3) is 3.15. The Bertz CT molecular complexity index is 1090. The van der Waals surface area contributed by atoms with Gasteiger partial charge in [-0.3, -0.25) is 19.3 Å². The standard InChI is InChI=1S/C22H24N4O2/c1-14(2)16-5-4-6-18(11-16)26-10-7-15(3)20(22(26)28)21(27)25-9-8-19-17(13-25)12-23-24-19/h4-7,10-12,14H,8-9,13H2,1-3H3,(H,23,24). The molecule has 144 valence electrons. The Hall–Kier alpha value is -3.15. The minimum absolute atomic E-state index is 0.219. The molecule has 0 radical (unpaired) electrons. The molecule has 0 bridgehead atoms. The van der Waals surface area contributed by atoms with Gasteiger partial charge in [-0.1, -0.05) is 26.0 Å². The molecule has 0 saturated carbocycles. The lowest BCUT2D eigenvalue weighted by Gasteiger charge is -2.27. The number of benzene rings is 1. The fraction of sp³-hybridized carbons (Fsp3) is 0.318. The van der Waals surface area contributed by atoms with Gasteiger partial charge in [-0.2, -0.15) is 5.10 Å². The first-order valence-electron chi connectivity index (χ1n) is 9.58. The summed E-state index contributed by atoms with van der Waals surface area (Å²) < 4.78 is 1.57. The van der Waals surface area contributed by atoms with Crippen LogP contribution in [0.4, 0.5) is 0 Å². The van der Waals surface area contributed by atoms with Crippen molar-refractivity contribution >= 4 is 5.91 Å². The van der Waals surface area contributed by atoms with Gasteiger partial charge in [0.2, 0.25) is 0 Å². The van der Waals surface area contributed by atoms with Gasteiger partial charge in [0.25, 0.3) is 11.5 Å². The van der Waals surface area contributed by atoms with E-state index in [2.05, 4.69) is 30.1 Å². The van der Waals surface area contributed by atoms with Crippen molar-refractivity contribution < 1.29 is 4.79 Å². The molecule has 0 saturated heterocycles. The maximum absolute atomic E-state index is 13.2. The molecule has 6 nitrogen and oxygen atoms in total. The van der Waals surface area contributed by atoms with E-state index in [0.29, 0.717) is 24.6 Å². The third-order valence-corrected chi connectivity index (χ3v) is 5.42. The first-order valence-corrected chi connectivity index (χ1v) is 9.58. The van der Waals surface area contributed by atoms with Crippen LogP contribution in [0.15, 0.2) is 47.5 Å². The second-order valence-electron chi connectivity index (χ2n) is 7.65. The van der Waals surface area contributed by atoms with Crippen LogP contribution >= 0.6 is 0 Å². The molecule has 0 atom stereocenters. The van der Waals surface area contributed by atoms with Gasteiger partial charge in [0.15, 0.2) is 0 Å². The molecule has 3 heterocycles. The molecule has 1 amide bonds. The molecule has 28 heavy (non-hydrogen) atoms. The number of fused-ring (bicyclic) bond motifs is 1. The summed E-state index contributed by atoms with van der Waals surface area (Å²) in [6.07, 6.45) is 4.22. The lowest BCUT2D eigenvalue weighted by Crippen LogP contribution is -2.40. The second-order valence-corrected chi connectivity index (χ2v) is 7.65. The number of aryl methyl sites for hydroxylation is 1. The average Bonchev–Trinajstić information content (AvgIpc) is 3.16. The SMILES string of the molecule is Cc1ccn(-c2cccc(C(C)C)c2)c(=O)c1C(=O)N1CCc2[nH]ncc2C1. The van der Waals surface area contributed by atoms with Crippen molar-refractivity contribution in [3.63, 3.8) is 0 Å². The highest BCUT2D eigenvalue weighted by Gasteiger charge is 2.26. The summed E-state index contributed by atoms with van der Waals surface area (Å²) in [5.74, 6) is 0.142. The van der Waals surface area contributed by atoms with Crippen molar-refractivity contribution in [1.29, 1.82) is 0 Å². The number of hydrogen-bond donors (Lipinski definition) is 1. The molecular weight excluding hydrogens is 352 g/mol. The number of nitrogens with one attached hydrogen (secondary N) is 1. The summed E-state index contributed by atoms with van der Waals surface area (Å²) >= 11 is 0. The van der Waals surface area contributed by atoms with Crippen LogP contribution in [0.5, 0.6) is 0 Å². The van der Waals surface area contributed by atoms with E-state index in [9.17, 15) is 9.59 Å². The van der Waals surface area contributed by atoms with Crippen LogP contribution in [0.1, 0.15) is 52.5 Å². The van der Waals surface area contributed by atoms with Crippen LogP contribution in [-0.2, 0) is 13.0 Å². The number of carbonyl (C=O) groups is 1. The largest absolute Gasteiger partial charge is 0.334 e. The number of nitrogens with zero attached hydrogens (tertiary/aromatic N) is 3. The normalized spacial score (nSPS) is 13.6. The molecular formula is C22H24N4O2. The Balaban J connectivity index is 1.73. The van der Waals surface area contributed by atoms with Crippen molar-refractivity contribution in [2.45, 2.75) is 39.7 Å². The molecule has 0 fully saturated rings. The van der Waals surface area contributed by atoms with Gasteiger partial charge in [0.1, 0.15) is 5.56 Å². The monoisotopic (exact) mass is 376 g/mol. The third-order valence-electron chi connectivity index (χ3n) is 5.42. The molecule has 1 N–H and O–H groups in total. The number of pyridine rings is 1. The van der Waals surface area contributed by atoms with Gasteiger partial charge in [-0.05, 0) is 42.2 Å². The summed E-state index contributed by atoms with van der Waals surface area (Å²) in [6, 6.07) is 9.74. The lowest BCUT2D eigenvalue weighted by atomic mass is 10.0. The zero-order chi connectivity index (χ0) is 19.8. The first-order chi connectivity index (χ1) is 13.5. The quantitative estimate of drug-likeness (QED) is 0.763. The van der Waals surface area contributed by atoms with Crippen molar-refractivity contribution in [2.75, 3.05) is 6.54 Å². The van der Waals surface area contributed by atoms with E-state index in [1.54, 1.807) is 21.9 Å². The fourth-order valence-electron chi connectivity index (χ4n) is 3.68. The summed E-state index contributed by atoms with van der Waals surface area (Å²) in [4.78, 5) is 28.2. The summed E-state index contributed by atoms with van der Waals surface area (Å²) in [5.41, 5.74) is 4.68. The maximum atomic E-state index is 13.2. The Labute approximate surface area is 163 Å². The molecule has 6 heteroatoms. The van der Waals surface area contributed by atoms with E-state index in [-0.39, 0.29) is 17.0 Å². The number of H-pyrrole nitrogens is 1. The summed E-state index contributed by atoms with van der Waals surface area (Å²) in [5, 5.41) is 7.02. The molecule has 2 aromatic heterocycles. The minimum atomic E-state index is -0.274. The van der Waals surface area contributed by atoms with Crippen LogP contribution in [0.2, 0.25) is 0 Å². The Morgan fingerprint density at radius 2 is 2.07 bits per heavy atom. The van der Waals surface area contributed by atoms with E-state index < -0.39 is 0 Å². The fourth-order valence-corrected chi connectivity index (χ4v) is 3.68. The van der Waals surface area contributed by atoms with E-state index in [4.69, 9.17) is 0 Å². The lowest BCUT2D eigenvalue weighted by molar-refractivity contribution is 0.0731. The Kier molecular flexibility index (Phi) is 4.63. The number of carbonyl (C=O) groups excluding carboxylic acids is 1. The number of amides is 1. The molecule has 4 rings (SSSR count). The molecule has 1 aliphatic heterocycles. The van der Waals surface area contributed by atoms with Crippen molar-refractivity contribution in [2.24, 2.45) is 0 Å². The van der Waals surface area contributed by atoms with E-state index in [0.717, 1.165) is 28.9 Å². The van der Waals surface area contributed by atoms with Gasteiger partial charge in [0.05, 0.1) is 6.20 Å². The molecule has 0 spiro atoms. The summed E-state index contributed by atoms with van der Waals surface area (Å²) in [6.45, 7) is 7.10. The van der Waals surface area contributed by atoms with E-state index in [1.165, 1.54) is 0 Å². The predicted octanol–water partition coefficient (Wildman–Crippen LogP) is 3.19. The summed E-state index contributed by atoms with van der Waals surface area (Å²) in [7, 11) is 0. The van der Waals surface area contributed by atoms with Crippen LogP contribution in [0.3, 0.4) is 0 Å². The molecule has 1 aliphatic rings. The Morgan fingerprint density at radius 3 is 2.86 bits per heavy atom. The zero-order valence-corrected chi connectivity index (χ0v) is 16.4. The van der Waals surface area contributed by atoms with E-state index in [1.807, 2.05) is 31.2 Å². The highest BCUT2D eigenvalue weighted by molar-refractivity contribution is 5.95. The van der Waals surface area contributed by atoms with Gasteiger partial charge < -0.3 is 4.90 Å². The van der Waals surface area contributed by atoms with Gasteiger partial charge in [-0.15, -0.1) is 0 Å². The van der Waals surface area contributed by atoms with Crippen molar-refractivity contribution in [1.82, 2.24) is 19.7 Å². The predicted molar refractivity (Wildman–Crippen MR) is 108 cm³/mol. The first kappa shape index (κ1) is 18.2. The molecule has 3 aromatic rings. The maximum Gasteiger partial charge on any atom is 0.268 e. The highest BCUT2D eigenvalue weighted by Crippen LogP contribution is 2.20. The highest BCUT2D eigenvalue weighted by atomic mass is 16.2. The average molecular weight is 376 g/mol. The topological polar surface area (TPSA) is 71.0 Å². The second kappa shape index (κ2) is 7.11. The number of rotatable bonds is 3. The van der Waals surface area contributed by atoms with Crippen molar-refractivity contribution in [3.8, 4) is 5.69 Å².